The van der Waals surface area contributed by atoms with Crippen molar-refractivity contribution in [3.05, 3.63) is 58.1 Å². The van der Waals surface area contributed by atoms with Crippen molar-refractivity contribution in [3.8, 4) is 5.75 Å². The Kier molecular flexibility index (Phi) is 8.60. The summed E-state index contributed by atoms with van der Waals surface area (Å²) in [6.07, 6.45) is -3.84. The number of nitrogens with zero attached hydrogens (tertiary/aromatic N) is 5. The number of benzene rings is 2. The van der Waals surface area contributed by atoms with E-state index in [9.17, 15) is 28.1 Å². The van der Waals surface area contributed by atoms with Crippen LogP contribution in [0.25, 0.3) is 0 Å². The molecule has 9 nitrogen and oxygen atoms in total. The Labute approximate surface area is 219 Å². The summed E-state index contributed by atoms with van der Waals surface area (Å²) in [5.74, 6) is 0.852. The van der Waals surface area contributed by atoms with Crippen molar-refractivity contribution in [3.63, 3.8) is 0 Å². The van der Waals surface area contributed by atoms with Crippen LogP contribution in [0.4, 0.5) is 30.2 Å². The second kappa shape index (κ2) is 11.9. The molecule has 12 heteroatoms. The SMILES string of the molecule is COc1ccc(N2CCN(CCC(=O)N3CCCN(c4ccc([N+](=O)[O-])c(C(F)(F)F)c4)CC3)CC2)cc1. The number of hydrogen-bond donors (Lipinski definition) is 0. The summed E-state index contributed by atoms with van der Waals surface area (Å²) in [5.41, 5.74) is -0.806. The first-order valence-electron chi connectivity index (χ1n) is 12.7. The molecular formula is C26H32F3N5O4. The number of nitro benzene ring substituents is 1. The largest absolute Gasteiger partial charge is 0.497 e. The minimum atomic E-state index is -4.83. The maximum Gasteiger partial charge on any atom is 0.423 e. The van der Waals surface area contributed by atoms with Gasteiger partial charge in [0.25, 0.3) is 5.69 Å². The number of alkyl halides is 3. The minimum Gasteiger partial charge on any atom is -0.497 e. The highest BCUT2D eigenvalue weighted by Crippen LogP contribution is 2.38. The third-order valence-electron chi connectivity index (χ3n) is 7.15. The Hall–Kier alpha value is -3.54. The van der Waals surface area contributed by atoms with Crippen LogP contribution in [-0.2, 0) is 11.0 Å². The van der Waals surface area contributed by atoms with E-state index in [1.807, 2.05) is 24.3 Å². The van der Waals surface area contributed by atoms with Crippen LogP contribution in [-0.4, -0.2) is 86.6 Å². The molecule has 2 saturated heterocycles. The van der Waals surface area contributed by atoms with Crippen molar-refractivity contribution in [2.75, 3.05) is 75.8 Å². The molecule has 0 saturated carbocycles. The van der Waals surface area contributed by atoms with Gasteiger partial charge in [0.15, 0.2) is 0 Å². The second-order valence-corrected chi connectivity index (χ2v) is 9.45. The maximum atomic E-state index is 13.4. The number of rotatable bonds is 7. The number of carbonyl (C=O) groups is 1. The highest BCUT2D eigenvalue weighted by Gasteiger charge is 2.39. The number of anilines is 2. The fraction of sp³-hybridized carbons (Fsp3) is 0.500. The van der Waals surface area contributed by atoms with E-state index in [1.165, 1.54) is 6.07 Å². The molecule has 0 aliphatic carbocycles. The lowest BCUT2D eigenvalue weighted by atomic mass is 10.1. The second-order valence-electron chi connectivity index (χ2n) is 9.45. The Morgan fingerprint density at radius 1 is 0.921 bits per heavy atom. The van der Waals surface area contributed by atoms with Crippen molar-refractivity contribution in [2.45, 2.75) is 19.0 Å². The highest BCUT2D eigenvalue weighted by molar-refractivity contribution is 5.76. The molecular weight excluding hydrogens is 503 g/mol. The van der Waals surface area contributed by atoms with E-state index in [0.717, 1.165) is 49.7 Å². The van der Waals surface area contributed by atoms with Crippen molar-refractivity contribution < 1.29 is 27.6 Å². The van der Waals surface area contributed by atoms with Crippen LogP contribution in [0.1, 0.15) is 18.4 Å². The summed E-state index contributed by atoms with van der Waals surface area (Å²) in [6, 6.07) is 11.1. The van der Waals surface area contributed by atoms with Crippen LogP contribution in [0.2, 0.25) is 0 Å². The number of nitro groups is 1. The fourth-order valence-electron chi connectivity index (χ4n) is 4.97. The maximum absolute atomic E-state index is 13.4. The molecule has 0 radical (unpaired) electrons. The Bertz CT molecular complexity index is 1120. The zero-order chi connectivity index (χ0) is 27.3. The molecule has 1 amide bonds. The molecule has 2 aromatic carbocycles. The summed E-state index contributed by atoms with van der Waals surface area (Å²) < 4.78 is 45.4. The Morgan fingerprint density at radius 2 is 1.55 bits per heavy atom. The quantitative estimate of drug-likeness (QED) is 0.393. The lowest BCUT2D eigenvalue weighted by Gasteiger charge is -2.36. The van der Waals surface area contributed by atoms with Gasteiger partial charge in [-0.15, -0.1) is 0 Å². The Morgan fingerprint density at radius 3 is 2.18 bits per heavy atom. The molecule has 0 spiro atoms. The molecule has 4 rings (SSSR count). The third kappa shape index (κ3) is 6.66. The van der Waals surface area contributed by atoms with Crippen molar-refractivity contribution >= 4 is 23.0 Å². The topological polar surface area (TPSA) is 82.4 Å². The van der Waals surface area contributed by atoms with Crippen molar-refractivity contribution in [1.29, 1.82) is 0 Å². The van der Waals surface area contributed by atoms with E-state index in [2.05, 4.69) is 9.80 Å². The van der Waals surface area contributed by atoms with Crippen LogP contribution < -0.4 is 14.5 Å². The zero-order valence-corrected chi connectivity index (χ0v) is 21.3. The van der Waals surface area contributed by atoms with E-state index in [-0.39, 0.29) is 11.6 Å². The van der Waals surface area contributed by atoms with Gasteiger partial charge in [0.2, 0.25) is 5.91 Å². The summed E-state index contributed by atoms with van der Waals surface area (Å²) in [7, 11) is 1.64. The van der Waals surface area contributed by atoms with Gasteiger partial charge in [-0.25, -0.2) is 0 Å². The standard InChI is InChI=1S/C26H32F3N5O4/c1-38-22-6-3-20(4-7-22)32-15-13-30(14-16-32)12-9-25(35)33-11-2-10-31(17-18-33)21-5-8-24(34(36)37)23(19-21)26(27,28)29/h3-8,19H,2,9-18H2,1H3. The monoisotopic (exact) mass is 535 g/mol. The van der Waals surface area contributed by atoms with E-state index < -0.39 is 22.4 Å². The number of hydrogen-bond acceptors (Lipinski definition) is 7. The van der Waals surface area contributed by atoms with Crippen LogP contribution in [0.5, 0.6) is 5.75 Å². The van der Waals surface area contributed by atoms with Gasteiger partial charge in [-0.3, -0.25) is 19.8 Å². The van der Waals surface area contributed by atoms with E-state index in [1.54, 1.807) is 16.9 Å². The van der Waals surface area contributed by atoms with Gasteiger partial charge in [-0.2, -0.15) is 13.2 Å². The highest BCUT2D eigenvalue weighted by atomic mass is 19.4. The van der Waals surface area contributed by atoms with E-state index in [4.69, 9.17) is 4.74 Å². The van der Waals surface area contributed by atoms with Crippen LogP contribution in [0, 0.1) is 10.1 Å². The summed E-state index contributed by atoms with van der Waals surface area (Å²) in [5, 5.41) is 11.0. The van der Waals surface area contributed by atoms with Crippen LogP contribution >= 0.6 is 0 Å². The molecule has 206 valence electrons. The first-order valence-corrected chi connectivity index (χ1v) is 12.7. The van der Waals surface area contributed by atoms with Gasteiger partial charge >= 0.3 is 6.18 Å². The summed E-state index contributed by atoms with van der Waals surface area (Å²) >= 11 is 0. The number of halogens is 3. The number of piperazine rings is 1. The van der Waals surface area contributed by atoms with Gasteiger partial charge in [-0.1, -0.05) is 0 Å². The molecule has 2 aliphatic rings. The first-order chi connectivity index (χ1) is 18.2. The molecule has 0 aromatic heterocycles. The number of amides is 1. The number of carbonyl (C=O) groups excluding carboxylic acids is 1. The third-order valence-corrected chi connectivity index (χ3v) is 7.15. The van der Waals surface area contributed by atoms with Crippen molar-refractivity contribution in [1.82, 2.24) is 9.80 Å². The molecule has 0 bridgehead atoms. The van der Waals surface area contributed by atoms with E-state index >= 15 is 0 Å². The van der Waals surface area contributed by atoms with Gasteiger partial charge in [0, 0.05) is 82.8 Å². The summed E-state index contributed by atoms with van der Waals surface area (Å²) in [4.78, 5) is 31.1. The van der Waals surface area contributed by atoms with Crippen molar-refractivity contribution in [2.24, 2.45) is 0 Å². The predicted octanol–water partition coefficient (Wildman–Crippen LogP) is 3.87. The normalized spacial score (nSPS) is 17.3. The molecule has 2 aliphatic heterocycles. The molecule has 2 fully saturated rings. The molecule has 38 heavy (non-hydrogen) atoms. The lowest BCUT2D eigenvalue weighted by molar-refractivity contribution is -0.388. The molecule has 0 atom stereocenters. The number of methoxy groups -OCH3 is 1. The average molecular weight is 536 g/mol. The minimum absolute atomic E-state index is 0.0316. The molecule has 2 aromatic rings. The van der Waals surface area contributed by atoms with Crippen LogP contribution in [0.15, 0.2) is 42.5 Å². The summed E-state index contributed by atoms with van der Waals surface area (Å²) in [6.45, 7) is 5.86. The smallest absolute Gasteiger partial charge is 0.423 e. The van der Waals surface area contributed by atoms with Gasteiger partial charge in [0.1, 0.15) is 11.3 Å². The van der Waals surface area contributed by atoms with Crippen LogP contribution in [0.3, 0.4) is 0 Å². The average Bonchev–Trinajstić information content (AvgIpc) is 3.18. The molecule has 2 heterocycles. The van der Waals surface area contributed by atoms with Gasteiger partial charge in [0.05, 0.1) is 12.0 Å². The first kappa shape index (κ1) is 27.5. The fourth-order valence-corrected chi connectivity index (χ4v) is 4.97. The molecule has 0 unspecified atom stereocenters. The number of ether oxygens (including phenoxy) is 1. The van der Waals surface area contributed by atoms with E-state index in [0.29, 0.717) is 45.6 Å². The lowest BCUT2D eigenvalue weighted by Crippen LogP contribution is -2.47. The zero-order valence-electron chi connectivity index (χ0n) is 21.3. The molecule has 0 N–H and O–H groups in total. The Balaban J connectivity index is 1.26. The van der Waals surface area contributed by atoms with Gasteiger partial charge < -0.3 is 19.4 Å². The van der Waals surface area contributed by atoms with Gasteiger partial charge in [-0.05, 0) is 42.8 Å². The predicted molar refractivity (Wildman–Crippen MR) is 138 cm³/mol.